The van der Waals surface area contributed by atoms with Gasteiger partial charge in [0.1, 0.15) is 11.7 Å². The van der Waals surface area contributed by atoms with Crippen molar-refractivity contribution < 1.29 is 19.7 Å². The second-order valence-corrected chi connectivity index (χ2v) is 8.14. The molecule has 4 fully saturated rings. The molecule has 19 heavy (non-hydrogen) atoms. The van der Waals surface area contributed by atoms with Crippen molar-refractivity contribution in [3.63, 3.8) is 0 Å². The van der Waals surface area contributed by atoms with Crippen LogP contribution >= 0.6 is 0 Å². The molecule has 1 saturated heterocycles. The Bertz CT molecular complexity index is 500. The van der Waals surface area contributed by atoms with Crippen molar-refractivity contribution in [1.29, 1.82) is 0 Å². The maximum atomic E-state index is 12.3. The van der Waals surface area contributed by atoms with Gasteiger partial charge < -0.3 is 14.9 Å². The summed E-state index contributed by atoms with van der Waals surface area (Å²) in [5.41, 5.74) is -3.25. The molecule has 1 aliphatic heterocycles. The molecular formula is C15H22O4. The number of hydrogen-bond donors (Lipinski definition) is 2. The lowest BCUT2D eigenvalue weighted by Gasteiger charge is -2.54. The molecule has 0 amide bonds. The van der Waals surface area contributed by atoms with Crippen molar-refractivity contribution in [3.8, 4) is 0 Å². The zero-order chi connectivity index (χ0) is 14.0. The molecule has 4 rings (SSSR count). The van der Waals surface area contributed by atoms with E-state index in [2.05, 4.69) is 13.8 Å². The topological polar surface area (TPSA) is 66.8 Å². The number of rotatable bonds is 0. The quantitative estimate of drug-likeness (QED) is 0.644. The van der Waals surface area contributed by atoms with Gasteiger partial charge in [0, 0.05) is 11.3 Å². The number of carbonyl (C=O) groups is 1. The molecule has 0 radical (unpaired) electrons. The summed E-state index contributed by atoms with van der Waals surface area (Å²) in [5.74, 6) is -0.276. The molecule has 1 unspecified atom stereocenters. The average Bonchev–Trinajstić information content (AvgIpc) is 2.49. The van der Waals surface area contributed by atoms with E-state index >= 15 is 0 Å². The number of aliphatic hydroxyl groups is 2. The molecule has 0 aromatic rings. The van der Waals surface area contributed by atoms with Crippen LogP contribution in [0.5, 0.6) is 0 Å². The molecule has 2 N–H and O–H groups in total. The summed E-state index contributed by atoms with van der Waals surface area (Å²) in [6.07, 6.45) is 0.814. The first-order valence-corrected chi connectivity index (χ1v) is 7.26. The number of esters is 1. The van der Waals surface area contributed by atoms with Gasteiger partial charge in [0.2, 0.25) is 0 Å². The molecule has 0 spiro atoms. The summed E-state index contributed by atoms with van der Waals surface area (Å²) in [4.78, 5) is 12.3. The van der Waals surface area contributed by atoms with Gasteiger partial charge >= 0.3 is 5.97 Å². The standard InChI is InChI=1S/C15H22O4/c1-7-5-14(17)11(16)19-10-9-8(6-12(9,2)3)13(14,4)15(7,10)18/h7-10,17-18H,5-6H2,1-4H3/t7-,8+,9-,10-,13?,14-,15+/m1/s1. The first kappa shape index (κ1) is 12.2. The molecular weight excluding hydrogens is 244 g/mol. The average molecular weight is 266 g/mol. The van der Waals surface area contributed by atoms with Gasteiger partial charge in [-0.2, -0.15) is 0 Å². The maximum Gasteiger partial charge on any atom is 0.339 e. The molecule has 4 aliphatic rings. The lowest BCUT2D eigenvalue weighted by molar-refractivity contribution is -0.236. The second kappa shape index (κ2) is 2.73. The van der Waals surface area contributed by atoms with E-state index < -0.39 is 28.7 Å². The van der Waals surface area contributed by atoms with Gasteiger partial charge in [-0.3, -0.25) is 0 Å². The Morgan fingerprint density at radius 1 is 1.21 bits per heavy atom. The highest BCUT2D eigenvalue weighted by molar-refractivity contribution is 5.84. The summed E-state index contributed by atoms with van der Waals surface area (Å²) < 4.78 is 5.54. The number of carbonyl (C=O) groups excluding carboxylic acids is 1. The molecule has 3 saturated carbocycles. The minimum Gasteiger partial charge on any atom is -0.457 e. The SMILES string of the molecule is C[C@@H]1C[C@@]2(O)C(=O)O[C@@H]3[C@H]4[C@H](CC4(C)C)C2(C)[C@]13O. The minimum absolute atomic E-state index is 0.0731. The third-order valence-electron chi connectivity index (χ3n) is 7.20. The van der Waals surface area contributed by atoms with Gasteiger partial charge in [0.15, 0.2) is 5.60 Å². The molecule has 0 aromatic carbocycles. The monoisotopic (exact) mass is 266 g/mol. The Labute approximate surface area is 113 Å². The van der Waals surface area contributed by atoms with Crippen LogP contribution in [-0.4, -0.2) is 33.5 Å². The van der Waals surface area contributed by atoms with Gasteiger partial charge in [-0.1, -0.05) is 27.7 Å². The van der Waals surface area contributed by atoms with E-state index in [1.165, 1.54) is 0 Å². The van der Waals surface area contributed by atoms with E-state index in [1.54, 1.807) is 0 Å². The third-order valence-corrected chi connectivity index (χ3v) is 7.20. The van der Waals surface area contributed by atoms with E-state index in [1.807, 2.05) is 13.8 Å². The Morgan fingerprint density at radius 3 is 2.42 bits per heavy atom. The zero-order valence-electron chi connectivity index (χ0n) is 11.9. The van der Waals surface area contributed by atoms with Crippen LogP contribution in [-0.2, 0) is 9.53 Å². The predicted octanol–water partition coefficient (Wildman–Crippen LogP) is 1.10. The van der Waals surface area contributed by atoms with Crippen molar-refractivity contribution in [3.05, 3.63) is 0 Å². The van der Waals surface area contributed by atoms with Crippen molar-refractivity contribution in [2.75, 3.05) is 0 Å². The summed E-state index contributed by atoms with van der Waals surface area (Å²) in [6.45, 7) is 8.17. The molecule has 4 heteroatoms. The summed E-state index contributed by atoms with van der Waals surface area (Å²) in [7, 11) is 0. The predicted molar refractivity (Wildman–Crippen MR) is 67.0 cm³/mol. The highest BCUT2D eigenvalue weighted by atomic mass is 16.6. The van der Waals surface area contributed by atoms with Crippen LogP contribution in [0.1, 0.15) is 40.5 Å². The molecule has 7 atom stereocenters. The largest absolute Gasteiger partial charge is 0.457 e. The first-order chi connectivity index (χ1) is 8.60. The number of ether oxygens (including phenoxy) is 1. The van der Waals surface area contributed by atoms with Crippen LogP contribution in [0.2, 0.25) is 0 Å². The van der Waals surface area contributed by atoms with Crippen LogP contribution < -0.4 is 0 Å². The fraction of sp³-hybridized carbons (Fsp3) is 0.933. The van der Waals surface area contributed by atoms with Gasteiger partial charge in [-0.05, 0) is 30.1 Å². The van der Waals surface area contributed by atoms with Crippen LogP contribution in [0.25, 0.3) is 0 Å². The highest BCUT2D eigenvalue weighted by Gasteiger charge is 2.88. The lowest BCUT2D eigenvalue weighted by Crippen LogP contribution is -2.65. The first-order valence-electron chi connectivity index (χ1n) is 7.26. The fourth-order valence-electron chi connectivity index (χ4n) is 6.18. The van der Waals surface area contributed by atoms with Gasteiger partial charge in [0.25, 0.3) is 0 Å². The molecule has 1 heterocycles. The lowest BCUT2D eigenvalue weighted by atomic mass is 9.50. The zero-order valence-corrected chi connectivity index (χ0v) is 11.9. The number of hydrogen-bond acceptors (Lipinski definition) is 4. The minimum atomic E-state index is -1.51. The van der Waals surface area contributed by atoms with Gasteiger partial charge in [-0.25, -0.2) is 4.79 Å². The summed E-state index contributed by atoms with van der Waals surface area (Å²) in [6, 6.07) is 0. The van der Waals surface area contributed by atoms with E-state index in [9.17, 15) is 15.0 Å². The van der Waals surface area contributed by atoms with Crippen molar-refractivity contribution in [2.45, 2.75) is 57.8 Å². The van der Waals surface area contributed by atoms with Crippen molar-refractivity contribution >= 4 is 5.97 Å². The van der Waals surface area contributed by atoms with E-state index in [0.29, 0.717) is 6.42 Å². The maximum absolute atomic E-state index is 12.3. The smallest absolute Gasteiger partial charge is 0.339 e. The van der Waals surface area contributed by atoms with Crippen molar-refractivity contribution in [2.24, 2.45) is 28.6 Å². The Morgan fingerprint density at radius 2 is 1.84 bits per heavy atom. The van der Waals surface area contributed by atoms with Crippen LogP contribution in [0.3, 0.4) is 0 Å². The van der Waals surface area contributed by atoms with E-state index in [-0.39, 0.29) is 23.2 Å². The van der Waals surface area contributed by atoms with Crippen molar-refractivity contribution in [1.82, 2.24) is 0 Å². The molecule has 4 bridgehead atoms. The van der Waals surface area contributed by atoms with E-state index in [0.717, 1.165) is 6.42 Å². The Hall–Kier alpha value is -0.610. The Balaban J connectivity index is 1.98. The number of fused-ring (bicyclic) bond motifs is 2. The van der Waals surface area contributed by atoms with Gasteiger partial charge in [-0.15, -0.1) is 0 Å². The van der Waals surface area contributed by atoms with Crippen LogP contribution in [0.15, 0.2) is 0 Å². The Kier molecular flexibility index (Phi) is 1.74. The molecule has 4 nitrogen and oxygen atoms in total. The van der Waals surface area contributed by atoms with Gasteiger partial charge in [0.05, 0.1) is 0 Å². The summed E-state index contributed by atoms with van der Waals surface area (Å²) >= 11 is 0. The highest BCUT2D eigenvalue weighted by Crippen LogP contribution is 2.79. The molecule has 106 valence electrons. The van der Waals surface area contributed by atoms with Crippen LogP contribution in [0.4, 0.5) is 0 Å². The molecule has 3 aliphatic carbocycles. The normalized spacial score (nSPS) is 64.4. The fourth-order valence-corrected chi connectivity index (χ4v) is 6.18. The van der Waals surface area contributed by atoms with Crippen LogP contribution in [0, 0.1) is 28.6 Å². The second-order valence-electron chi connectivity index (χ2n) is 8.14. The summed E-state index contributed by atoms with van der Waals surface area (Å²) in [5, 5.41) is 22.2. The third kappa shape index (κ3) is 0.855. The van der Waals surface area contributed by atoms with E-state index in [4.69, 9.17) is 4.74 Å². The molecule has 0 aromatic heterocycles.